The van der Waals surface area contributed by atoms with Crippen LogP contribution in [0, 0.1) is 0 Å². The number of methoxy groups -OCH3 is 1. The van der Waals surface area contributed by atoms with Crippen LogP contribution in [0.5, 0.6) is 5.75 Å². The lowest BCUT2D eigenvalue weighted by atomic mass is 10.0. The molecule has 2 aromatic carbocycles. The summed E-state index contributed by atoms with van der Waals surface area (Å²) < 4.78 is 7.23. The number of para-hydroxylation sites is 1. The Kier molecular flexibility index (Phi) is 5.49. The number of carbonyl (C=O) groups excluding carboxylic acids is 1. The van der Waals surface area contributed by atoms with Crippen LogP contribution in [0.4, 0.5) is 0 Å². The zero-order chi connectivity index (χ0) is 20.2. The van der Waals surface area contributed by atoms with Crippen LogP contribution in [0.1, 0.15) is 16.1 Å². The Morgan fingerprint density at radius 2 is 1.86 bits per heavy atom. The van der Waals surface area contributed by atoms with Crippen molar-refractivity contribution in [1.82, 2.24) is 14.9 Å². The molecule has 0 saturated carbocycles. The summed E-state index contributed by atoms with van der Waals surface area (Å²) in [6, 6.07) is 21.0. The summed E-state index contributed by atoms with van der Waals surface area (Å²) in [6.45, 7) is 0.510. The number of hydrogen-bond acceptors (Lipinski definition) is 3. The molecule has 2 heterocycles. The number of nitrogens with one attached hydrogen (secondary N) is 1. The average Bonchev–Trinajstić information content (AvgIpc) is 3.23. The van der Waals surface area contributed by atoms with E-state index in [2.05, 4.69) is 10.4 Å². The number of carbonyl (C=O) groups is 1. The molecule has 146 valence electrons. The summed E-state index contributed by atoms with van der Waals surface area (Å²) in [5.41, 5.74) is 4.18. The quantitative estimate of drug-likeness (QED) is 0.508. The van der Waals surface area contributed by atoms with E-state index in [1.807, 2.05) is 72.9 Å². The molecule has 1 N–H and O–H groups in total. The molecule has 4 rings (SSSR count). The van der Waals surface area contributed by atoms with E-state index in [1.165, 1.54) is 0 Å². The van der Waals surface area contributed by atoms with Gasteiger partial charge in [-0.3, -0.25) is 4.79 Å². The summed E-state index contributed by atoms with van der Waals surface area (Å²) in [5, 5.41) is 8.11. The second kappa shape index (κ2) is 8.37. The first-order valence-corrected chi connectivity index (χ1v) is 9.68. The van der Waals surface area contributed by atoms with E-state index in [9.17, 15) is 4.79 Å². The number of rotatable bonds is 6. The van der Waals surface area contributed by atoms with Gasteiger partial charge in [-0.2, -0.15) is 5.10 Å². The summed E-state index contributed by atoms with van der Waals surface area (Å²) in [7, 11) is 1.64. The molecule has 0 fully saturated rings. The zero-order valence-electron chi connectivity index (χ0n) is 15.9. The van der Waals surface area contributed by atoms with Crippen molar-refractivity contribution in [3.8, 4) is 16.9 Å². The Balaban J connectivity index is 1.59. The van der Waals surface area contributed by atoms with Crippen molar-refractivity contribution in [2.75, 3.05) is 13.7 Å². The van der Waals surface area contributed by atoms with Gasteiger partial charge in [0.25, 0.3) is 5.91 Å². The van der Waals surface area contributed by atoms with Gasteiger partial charge in [0.15, 0.2) is 0 Å². The SMILES string of the molecule is COc1ccccc1-c1cc(C(=O)NCCc2ccc(Cl)cc2)nn2cccc12. The lowest BCUT2D eigenvalue weighted by molar-refractivity contribution is 0.0948. The van der Waals surface area contributed by atoms with Crippen molar-refractivity contribution >= 4 is 23.0 Å². The highest BCUT2D eigenvalue weighted by molar-refractivity contribution is 6.30. The maximum absolute atomic E-state index is 12.8. The van der Waals surface area contributed by atoms with Crippen molar-refractivity contribution in [1.29, 1.82) is 0 Å². The molecule has 0 unspecified atom stereocenters. The van der Waals surface area contributed by atoms with E-state index in [0.29, 0.717) is 23.7 Å². The first-order valence-electron chi connectivity index (χ1n) is 9.30. The van der Waals surface area contributed by atoms with Gasteiger partial charge in [0.2, 0.25) is 0 Å². The van der Waals surface area contributed by atoms with Crippen molar-refractivity contribution in [2.45, 2.75) is 6.42 Å². The Labute approximate surface area is 173 Å². The monoisotopic (exact) mass is 405 g/mol. The van der Waals surface area contributed by atoms with E-state index in [4.69, 9.17) is 16.3 Å². The van der Waals surface area contributed by atoms with Crippen LogP contribution in [0.25, 0.3) is 16.6 Å². The Morgan fingerprint density at radius 3 is 2.66 bits per heavy atom. The fourth-order valence-corrected chi connectivity index (χ4v) is 3.41. The summed E-state index contributed by atoms with van der Waals surface area (Å²) in [4.78, 5) is 12.8. The van der Waals surface area contributed by atoms with E-state index in [1.54, 1.807) is 11.6 Å². The van der Waals surface area contributed by atoms with Gasteiger partial charge in [-0.05, 0) is 48.4 Å². The van der Waals surface area contributed by atoms with Crippen LogP contribution in [0.2, 0.25) is 5.02 Å². The van der Waals surface area contributed by atoms with Gasteiger partial charge in [0.1, 0.15) is 11.4 Å². The van der Waals surface area contributed by atoms with Crippen molar-refractivity contribution in [3.05, 3.63) is 89.2 Å². The minimum Gasteiger partial charge on any atom is -0.496 e. The van der Waals surface area contributed by atoms with Crippen molar-refractivity contribution in [2.24, 2.45) is 0 Å². The minimum absolute atomic E-state index is 0.217. The number of ether oxygens (including phenoxy) is 1. The number of fused-ring (bicyclic) bond motifs is 1. The standard InChI is InChI=1S/C23H20ClN3O2/c1-29-22-7-3-2-5-18(22)19-15-20(26-27-14-4-6-21(19)27)23(28)25-13-12-16-8-10-17(24)11-9-16/h2-11,14-15H,12-13H2,1H3,(H,25,28). The van der Waals surface area contributed by atoms with E-state index < -0.39 is 0 Å². The van der Waals surface area contributed by atoms with Gasteiger partial charge in [-0.15, -0.1) is 0 Å². The largest absolute Gasteiger partial charge is 0.496 e. The molecular weight excluding hydrogens is 386 g/mol. The molecular formula is C23H20ClN3O2. The Bertz CT molecular complexity index is 1150. The molecule has 0 aliphatic carbocycles. The molecule has 4 aromatic rings. The first kappa shape index (κ1) is 19.0. The number of aromatic nitrogens is 2. The number of halogens is 1. The van der Waals surface area contributed by atoms with E-state index >= 15 is 0 Å². The number of amides is 1. The van der Waals surface area contributed by atoms with Crippen LogP contribution < -0.4 is 10.1 Å². The van der Waals surface area contributed by atoms with Crippen LogP contribution >= 0.6 is 11.6 Å². The van der Waals surface area contributed by atoms with Gasteiger partial charge in [-0.25, -0.2) is 4.52 Å². The van der Waals surface area contributed by atoms with Crippen LogP contribution in [0.3, 0.4) is 0 Å². The van der Waals surface area contributed by atoms with Crippen LogP contribution in [-0.2, 0) is 6.42 Å². The minimum atomic E-state index is -0.217. The second-order valence-electron chi connectivity index (χ2n) is 6.61. The van der Waals surface area contributed by atoms with Gasteiger partial charge in [0, 0.05) is 28.9 Å². The Hall–Kier alpha value is -3.31. The maximum atomic E-state index is 12.8. The molecule has 0 aliphatic rings. The Morgan fingerprint density at radius 1 is 1.07 bits per heavy atom. The van der Waals surface area contributed by atoms with Crippen molar-refractivity contribution < 1.29 is 9.53 Å². The molecule has 1 amide bonds. The van der Waals surface area contributed by atoms with E-state index in [-0.39, 0.29) is 5.91 Å². The third kappa shape index (κ3) is 4.10. The molecule has 0 saturated heterocycles. The molecule has 0 radical (unpaired) electrons. The average molecular weight is 406 g/mol. The highest BCUT2D eigenvalue weighted by atomic mass is 35.5. The third-order valence-corrected chi connectivity index (χ3v) is 4.99. The summed E-state index contributed by atoms with van der Waals surface area (Å²) in [5.74, 6) is 0.529. The predicted octanol–water partition coefficient (Wildman–Crippen LogP) is 4.64. The van der Waals surface area contributed by atoms with E-state index in [0.717, 1.165) is 28.0 Å². The molecule has 5 nitrogen and oxygen atoms in total. The van der Waals surface area contributed by atoms with Gasteiger partial charge >= 0.3 is 0 Å². The topological polar surface area (TPSA) is 55.6 Å². The summed E-state index contributed by atoms with van der Waals surface area (Å²) in [6.07, 6.45) is 2.55. The molecule has 0 atom stereocenters. The fourth-order valence-electron chi connectivity index (χ4n) is 3.28. The normalized spacial score (nSPS) is 10.8. The van der Waals surface area contributed by atoms with Gasteiger partial charge in [0.05, 0.1) is 12.6 Å². The summed E-state index contributed by atoms with van der Waals surface area (Å²) >= 11 is 5.91. The molecule has 0 aliphatic heterocycles. The van der Waals surface area contributed by atoms with Crippen LogP contribution in [-0.4, -0.2) is 29.2 Å². The fraction of sp³-hybridized carbons (Fsp3) is 0.130. The lowest BCUT2D eigenvalue weighted by Gasteiger charge is -2.12. The van der Waals surface area contributed by atoms with Gasteiger partial charge < -0.3 is 10.1 Å². The highest BCUT2D eigenvalue weighted by Gasteiger charge is 2.15. The zero-order valence-corrected chi connectivity index (χ0v) is 16.7. The molecule has 6 heteroatoms. The van der Waals surface area contributed by atoms with Crippen molar-refractivity contribution in [3.63, 3.8) is 0 Å². The highest BCUT2D eigenvalue weighted by Crippen LogP contribution is 2.33. The van der Waals surface area contributed by atoms with Gasteiger partial charge in [-0.1, -0.05) is 41.9 Å². The number of nitrogens with zero attached hydrogens (tertiary/aromatic N) is 2. The number of benzene rings is 2. The molecule has 2 aromatic heterocycles. The predicted molar refractivity (Wildman–Crippen MR) is 115 cm³/mol. The number of hydrogen-bond donors (Lipinski definition) is 1. The first-order chi connectivity index (χ1) is 14.2. The molecule has 0 spiro atoms. The molecule has 29 heavy (non-hydrogen) atoms. The maximum Gasteiger partial charge on any atom is 0.271 e. The second-order valence-corrected chi connectivity index (χ2v) is 7.05. The third-order valence-electron chi connectivity index (χ3n) is 4.74. The smallest absolute Gasteiger partial charge is 0.271 e. The molecule has 0 bridgehead atoms. The lowest BCUT2D eigenvalue weighted by Crippen LogP contribution is -2.27. The van der Waals surface area contributed by atoms with Crippen LogP contribution in [0.15, 0.2) is 72.9 Å².